The first-order valence-electron chi connectivity index (χ1n) is 6.40. The van der Waals surface area contributed by atoms with Gasteiger partial charge in [0, 0.05) is 24.2 Å². The molecule has 23 heavy (non-hydrogen) atoms. The van der Waals surface area contributed by atoms with E-state index in [-0.39, 0.29) is 29.1 Å². The number of hydrogen-bond acceptors (Lipinski definition) is 5. The lowest BCUT2D eigenvalue weighted by Gasteiger charge is -2.10. The van der Waals surface area contributed by atoms with E-state index >= 15 is 0 Å². The van der Waals surface area contributed by atoms with Crippen LogP contribution in [0.2, 0.25) is 0 Å². The van der Waals surface area contributed by atoms with Gasteiger partial charge in [0.05, 0.1) is 23.7 Å². The second kappa shape index (κ2) is 6.70. The largest absolute Gasteiger partial charge is 0.497 e. The Morgan fingerprint density at radius 2 is 2.04 bits per heavy atom. The summed E-state index contributed by atoms with van der Waals surface area (Å²) in [6.07, 6.45) is 0. The predicted octanol–water partition coefficient (Wildman–Crippen LogP) is 3.37. The molecule has 1 N–H and O–H groups in total. The van der Waals surface area contributed by atoms with Crippen LogP contribution in [0.5, 0.6) is 5.75 Å². The molecule has 0 aromatic heterocycles. The van der Waals surface area contributed by atoms with Gasteiger partial charge in [-0.15, -0.1) is 0 Å². The highest BCUT2D eigenvalue weighted by molar-refractivity contribution is 5.65. The Morgan fingerprint density at radius 3 is 2.61 bits per heavy atom. The number of halogens is 2. The van der Waals surface area contributed by atoms with Gasteiger partial charge in [0.1, 0.15) is 17.3 Å². The number of nitro groups is 1. The van der Waals surface area contributed by atoms with Gasteiger partial charge in [-0.1, -0.05) is 6.07 Å². The predicted molar refractivity (Wildman–Crippen MR) is 78.0 cm³/mol. The number of anilines is 1. The molecule has 0 aliphatic heterocycles. The van der Waals surface area contributed by atoms with E-state index < -0.39 is 22.2 Å². The van der Waals surface area contributed by atoms with E-state index in [9.17, 15) is 18.9 Å². The number of methoxy groups -OCH3 is 1. The maximum absolute atomic E-state index is 13.8. The fourth-order valence-corrected chi connectivity index (χ4v) is 1.96. The molecule has 0 atom stereocenters. The summed E-state index contributed by atoms with van der Waals surface area (Å²) < 4.78 is 32.4. The summed E-state index contributed by atoms with van der Waals surface area (Å²) in [6.45, 7) is -0.120. The second-order valence-electron chi connectivity index (χ2n) is 4.53. The first-order chi connectivity index (χ1) is 11.0. The summed E-state index contributed by atoms with van der Waals surface area (Å²) in [5, 5.41) is 22.3. The average Bonchev–Trinajstić information content (AvgIpc) is 2.52. The van der Waals surface area contributed by atoms with Gasteiger partial charge in [0.25, 0.3) is 0 Å². The number of benzene rings is 2. The van der Waals surface area contributed by atoms with Gasteiger partial charge in [-0.05, 0) is 12.1 Å². The van der Waals surface area contributed by atoms with Gasteiger partial charge in [-0.3, -0.25) is 10.1 Å². The van der Waals surface area contributed by atoms with Crippen molar-refractivity contribution >= 4 is 11.4 Å². The van der Waals surface area contributed by atoms with Crippen LogP contribution in [0.3, 0.4) is 0 Å². The van der Waals surface area contributed by atoms with Gasteiger partial charge in [-0.2, -0.15) is 9.65 Å². The molecule has 0 unspecified atom stereocenters. The fraction of sp³-hybridized carbons (Fsp3) is 0.133. The molecule has 8 heteroatoms. The molecule has 2 aromatic carbocycles. The molecule has 0 radical (unpaired) electrons. The van der Waals surface area contributed by atoms with Crippen molar-refractivity contribution in [3.05, 3.63) is 63.2 Å². The molecule has 0 saturated carbocycles. The SMILES string of the molecule is COc1cc(F)c([N+](=O)[O-])c(NCc2ccc(C#N)cc2F)c1. The maximum Gasteiger partial charge on any atom is 0.327 e. The summed E-state index contributed by atoms with van der Waals surface area (Å²) in [7, 11) is 1.30. The van der Waals surface area contributed by atoms with Gasteiger partial charge in [-0.25, -0.2) is 4.39 Å². The minimum Gasteiger partial charge on any atom is -0.497 e. The molecule has 0 aliphatic carbocycles. The number of hydrogen-bond donors (Lipinski definition) is 1. The molecule has 2 aromatic rings. The topological polar surface area (TPSA) is 88.2 Å². The lowest BCUT2D eigenvalue weighted by Crippen LogP contribution is -2.06. The number of nitrogens with one attached hydrogen (secondary N) is 1. The molecule has 118 valence electrons. The van der Waals surface area contributed by atoms with Crippen molar-refractivity contribution in [1.82, 2.24) is 0 Å². The van der Waals surface area contributed by atoms with E-state index in [0.717, 1.165) is 12.1 Å². The third-order valence-corrected chi connectivity index (χ3v) is 3.11. The van der Waals surface area contributed by atoms with Crippen molar-refractivity contribution < 1.29 is 18.4 Å². The van der Waals surface area contributed by atoms with E-state index in [0.29, 0.717) is 0 Å². The molecule has 0 fully saturated rings. The number of nitrogens with zero attached hydrogens (tertiary/aromatic N) is 2. The summed E-state index contributed by atoms with van der Waals surface area (Å²) in [6, 6.07) is 7.80. The van der Waals surface area contributed by atoms with Gasteiger partial charge >= 0.3 is 5.69 Å². The van der Waals surface area contributed by atoms with Crippen molar-refractivity contribution in [2.24, 2.45) is 0 Å². The van der Waals surface area contributed by atoms with E-state index in [1.807, 2.05) is 0 Å². The highest BCUT2D eigenvalue weighted by atomic mass is 19.1. The van der Waals surface area contributed by atoms with E-state index in [1.165, 1.54) is 25.3 Å². The van der Waals surface area contributed by atoms with E-state index in [4.69, 9.17) is 10.00 Å². The minimum absolute atomic E-state index is 0.0934. The van der Waals surface area contributed by atoms with Crippen LogP contribution in [0.1, 0.15) is 11.1 Å². The molecule has 0 spiro atoms. The van der Waals surface area contributed by atoms with E-state index in [1.54, 1.807) is 6.07 Å². The lowest BCUT2D eigenvalue weighted by atomic mass is 10.1. The zero-order valence-corrected chi connectivity index (χ0v) is 12.0. The fourth-order valence-electron chi connectivity index (χ4n) is 1.96. The molecular formula is C15H11F2N3O3. The minimum atomic E-state index is -1.06. The van der Waals surface area contributed by atoms with Crippen LogP contribution in [0.25, 0.3) is 0 Å². The first-order valence-corrected chi connectivity index (χ1v) is 6.40. The highest BCUT2D eigenvalue weighted by Gasteiger charge is 2.22. The summed E-state index contributed by atoms with van der Waals surface area (Å²) in [4.78, 5) is 10.1. The lowest BCUT2D eigenvalue weighted by molar-refractivity contribution is -0.386. The Kier molecular flexibility index (Phi) is 4.71. The quantitative estimate of drug-likeness (QED) is 0.674. The third kappa shape index (κ3) is 3.52. The Hall–Kier alpha value is -3.21. The number of nitro benzene ring substituents is 1. The molecule has 0 amide bonds. The van der Waals surface area contributed by atoms with E-state index in [2.05, 4.69) is 5.32 Å². The number of rotatable bonds is 5. The Bertz CT molecular complexity index is 803. The van der Waals surface area contributed by atoms with Crippen LogP contribution in [0, 0.1) is 33.1 Å². The monoisotopic (exact) mass is 319 g/mol. The molecular weight excluding hydrogens is 308 g/mol. The number of nitriles is 1. The Balaban J connectivity index is 2.31. The third-order valence-electron chi connectivity index (χ3n) is 3.11. The van der Waals surface area contributed by atoms with Crippen molar-refractivity contribution in [3.8, 4) is 11.8 Å². The van der Waals surface area contributed by atoms with Gasteiger partial charge < -0.3 is 10.1 Å². The van der Waals surface area contributed by atoms with Crippen LogP contribution in [0.15, 0.2) is 30.3 Å². The average molecular weight is 319 g/mol. The van der Waals surface area contributed by atoms with Crippen LogP contribution < -0.4 is 10.1 Å². The van der Waals surface area contributed by atoms with Crippen molar-refractivity contribution in [1.29, 1.82) is 5.26 Å². The Morgan fingerprint density at radius 1 is 1.30 bits per heavy atom. The summed E-state index contributed by atoms with van der Waals surface area (Å²) in [5.41, 5.74) is -0.540. The number of ether oxygens (including phenoxy) is 1. The van der Waals surface area contributed by atoms with Gasteiger partial charge in [0.15, 0.2) is 0 Å². The molecule has 0 bridgehead atoms. The second-order valence-corrected chi connectivity index (χ2v) is 4.53. The van der Waals surface area contributed by atoms with Crippen LogP contribution in [0.4, 0.5) is 20.2 Å². The molecule has 2 rings (SSSR count). The molecule has 6 nitrogen and oxygen atoms in total. The van der Waals surface area contributed by atoms with Crippen molar-refractivity contribution in [2.75, 3.05) is 12.4 Å². The standard InChI is InChI=1S/C15H11F2N3O3/c1-23-11-5-13(17)15(20(21)22)14(6-11)19-8-10-3-2-9(7-18)4-12(10)16/h2-6,19H,8H2,1H3. The first kappa shape index (κ1) is 16.2. The Labute approximate surface area is 130 Å². The zero-order chi connectivity index (χ0) is 17.0. The molecule has 0 saturated heterocycles. The van der Waals surface area contributed by atoms with Crippen LogP contribution >= 0.6 is 0 Å². The summed E-state index contributed by atoms with van der Waals surface area (Å²) in [5.74, 6) is -1.60. The molecule has 0 heterocycles. The normalized spacial score (nSPS) is 10.0. The van der Waals surface area contributed by atoms with Gasteiger partial charge in [0.2, 0.25) is 5.82 Å². The molecule has 0 aliphatic rings. The summed E-state index contributed by atoms with van der Waals surface area (Å²) >= 11 is 0. The van der Waals surface area contributed by atoms with Crippen molar-refractivity contribution in [2.45, 2.75) is 6.54 Å². The maximum atomic E-state index is 13.8. The van der Waals surface area contributed by atoms with Crippen LogP contribution in [-0.4, -0.2) is 12.0 Å². The highest BCUT2D eigenvalue weighted by Crippen LogP contribution is 2.32. The van der Waals surface area contributed by atoms with Crippen LogP contribution in [-0.2, 0) is 6.54 Å². The smallest absolute Gasteiger partial charge is 0.327 e. The zero-order valence-electron chi connectivity index (χ0n) is 12.0. The van der Waals surface area contributed by atoms with Crippen molar-refractivity contribution in [3.63, 3.8) is 0 Å².